The van der Waals surface area contributed by atoms with Crippen molar-refractivity contribution < 1.29 is 9.63 Å². The van der Waals surface area contributed by atoms with Crippen molar-refractivity contribution in [3.63, 3.8) is 0 Å². The molecule has 0 unspecified atom stereocenters. The fraction of sp³-hybridized carbons (Fsp3) is 0.257. The van der Waals surface area contributed by atoms with Gasteiger partial charge >= 0.3 is 0 Å². The summed E-state index contributed by atoms with van der Waals surface area (Å²) >= 11 is 6.73. The smallest absolute Gasteiger partial charge is 0.293 e. The molecule has 1 N–H and O–H groups in total. The van der Waals surface area contributed by atoms with Gasteiger partial charge < -0.3 is 15.1 Å². The number of halogens is 1. The summed E-state index contributed by atoms with van der Waals surface area (Å²) in [4.78, 5) is 46.1. The molecule has 0 saturated carbocycles. The third-order valence-corrected chi connectivity index (χ3v) is 7.77. The van der Waals surface area contributed by atoms with Gasteiger partial charge in [-0.25, -0.2) is 4.98 Å². The number of nitrogens with one attached hydrogen (secondary N) is 1. The molecule has 0 saturated heterocycles. The Labute approximate surface area is 268 Å². The van der Waals surface area contributed by atoms with Crippen LogP contribution in [0.3, 0.4) is 0 Å². The number of carbonyl (C=O) groups is 1. The van der Waals surface area contributed by atoms with Crippen molar-refractivity contribution in [1.29, 1.82) is 0 Å². The number of hydrogen-bond acceptors (Lipinski definition) is 7. The van der Waals surface area contributed by atoms with E-state index in [-0.39, 0.29) is 16.9 Å². The van der Waals surface area contributed by atoms with Gasteiger partial charge in [0.2, 0.25) is 5.95 Å². The molecule has 2 heterocycles. The Kier molecular flexibility index (Phi) is 9.22. The van der Waals surface area contributed by atoms with Gasteiger partial charge in [0, 0.05) is 52.2 Å². The third-order valence-electron chi connectivity index (χ3n) is 7.44. The number of aromatic nitrogens is 3. The number of hydrogen-bond donors (Lipinski definition) is 1. The van der Waals surface area contributed by atoms with Crippen LogP contribution in [0.25, 0.3) is 22.2 Å². The highest BCUT2D eigenvalue weighted by atomic mass is 35.5. The minimum atomic E-state index is -0.447. The van der Waals surface area contributed by atoms with E-state index in [0.717, 1.165) is 16.8 Å². The van der Waals surface area contributed by atoms with Crippen LogP contribution in [0.2, 0.25) is 5.02 Å². The Morgan fingerprint density at radius 1 is 0.956 bits per heavy atom. The summed E-state index contributed by atoms with van der Waals surface area (Å²) in [6.07, 6.45) is 1.64. The Morgan fingerprint density at radius 3 is 2.31 bits per heavy atom. The lowest BCUT2D eigenvalue weighted by Crippen LogP contribution is -2.28. The average Bonchev–Trinajstić information content (AvgIpc) is 3.02. The van der Waals surface area contributed by atoms with Gasteiger partial charge in [0.15, 0.2) is 5.65 Å². The molecule has 5 rings (SSSR count). The summed E-state index contributed by atoms with van der Waals surface area (Å²) in [5, 5.41) is 4.10. The van der Waals surface area contributed by atoms with Gasteiger partial charge in [-0.1, -0.05) is 62.7 Å². The Bertz CT molecular complexity index is 1880. The van der Waals surface area contributed by atoms with Crippen LogP contribution in [-0.4, -0.2) is 59.8 Å². The van der Waals surface area contributed by atoms with Gasteiger partial charge in [-0.15, -0.1) is 4.73 Å². The summed E-state index contributed by atoms with van der Waals surface area (Å²) < 4.78 is 1.13. The van der Waals surface area contributed by atoms with Crippen LogP contribution in [0.1, 0.15) is 36.7 Å². The van der Waals surface area contributed by atoms with E-state index in [4.69, 9.17) is 16.4 Å². The molecule has 0 fully saturated rings. The second-order valence-corrected chi connectivity index (χ2v) is 12.4. The molecular formula is C35H37ClN6O3. The number of benzene rings is 3. The quantitative estimate of drug-likeness (QED) is 0.202. The minimum absolute atomic E-state index is 0.0457. The molecule has 0 aliphatic carbocycles. The van der Waals surface area contributed by atoms with E-state index >= 15 is 0 Å². The van der Waals surface area contributed by atoms with Crippen molar-refractivity contribution in [2.45, 2.75) is 26.2 Å². The Morgan fingerprint density at radius 2 is 1.67 bits per heavy atom. The second-order valence-electron chi connectivity index (χ2n) is 12.0. The van der Waals surface area contributed by atoms with Crippen molar-refractivity contribution in [3.8, 4) is 11.1 Å². The molecule has 0 bridgehead atoms. The van der Waals surface area contributed by atoms with Gasteiger partial charge in [0.05, 0.1) is 5.56 Å². The highest BCUT2D eigenvalue weighted by molar-refractivity contribution is 6.33. The monoisotopic (exact) mass is 624 g/mol. The molecule has 0 atom stereocenters. The number of carbonyl (C=O) groups excluding carboxylic acids is 1. The van der Waals surface area contributed by atoms with E-state index in [9.17, 15) is 9.59 Å². The predicted octanol–water partition coefficient (Wildman–Crippen LogP) is 6.42. The summed E-state index contributed by atoms with van der Waals surface area (Å²) in [5.74, 6) is 0.167. The van der Waals surface area contributed by atoms with E-state index in [2.05, 4.69) is 36.1 Å². The molecule has 0 aliphatic heterocycles. The van der Waals surface area contributed by atoms with Crippen molar-refractivity contribution in [1.82, 2.24) is 19.6 Å². The highest BCUT2D eigenvalue weighted by Gasteiger charge is 2.24. The van der Waals surface area contributed by atoms with E-state index in [1.54, 1.807) is 35.4 Å². The first kappa shape index (κ1) is 31.7. The Hall–Kier alpha value is -4.73. The molecule has 10 heteroatoms. The second kappa shape index (κ2) is 13.1. The zero-order valence-corrected chi connectivity index (χ0v) is 27.1. The normalized spacial score (nSPS) is 11.6. The first-order valence-electron chi connectivity index (χ1n) is 14.6. The SMILES string of the molecule is COn1c(=O)c(-c2cc(N(C(=O)c3ccc(C(C)(C)C)cc3)c3ccccc3)ccc2Cl)cc2cnc(NCCN(C)C)nc21. The molecule has 1 amide bonds. The van der Waals surface area contributed by atoms with Crippen LogP contribution in [0.5, 0.6) is 0 Å². The van der Waals surface area contributed by atoms with E-state index in [1.165, 1.54) is 7.11 Å². The number of para-hydroxylation sites is 1. The van der Waals surface area contributed by atoms with Crippen LogP contribution in [0, 0.1) is 0 Å². The van der Waals surface area contributed by atoms with Crippen molar-refractivity contribution >= 4 is 45.9 Å². The van der Waals surface area contributed by atoms with Crippen LogP contribution in [0.15, 0.2) is 89.9 Å². The lowest BCUT2D eigenvalue weighted by atomic mass is 9.86. The zero-order valence-electron chi connectivity index (χ0n) is 26.3. The summed E-state index contributed by atoms with van der Waals surface area (Å²) in [7, 11) is 5.36. The lowest BCUT2D eigenvalue weighted by Gasteiger charge is -2.25. The van der Waals surface area contributed by atoms with Crippen molar-refractivity contribution in [2.75, 3.05) is 44.5 Å². The molecular weight excluding hydrogens is 588 g/mol. The number of nitrogens with zero attached hydrogens (tertiary/aromatic N) is 5. The molecule has 232 valence electrons. The molecule has 0 aliphatic rings. The van der Waals surface area contributed by atoms with E-state index < -0.39 is 5.56 Å². The fourth-order valence-electron chi connectivity index (χ4n) is 4.97. The largest absolute Gasteiger partial charge is 0.412 e. The number of anilines is 3. The standard InChI is InChI=1S/C35H37ClN6O3/c1-35(2,3)25-14-12-23(13-15-25)32(43)41(26-10-8-7-9-11-26)27-16-17-30(36)28(21-27)29-20-24-22-38-34(37-18-19-40(4)5)39-31(24)42(45-6)33(29)44/h7-17,20-22H,18-19H2,1-6H3,(H,37,38,39). The zero-order chi connectivity index (χ0) is 32.3. The molecule has 0 spiro atoms. The fourth-order valence-corrected chi connectivity index (χ4v) is 5.19. The lowest BCUT2D eigenvalue weighted by molar-refractivity contribution is 0.0999. The van der Waals surface area contributed by atoms with E-state index in [0.29, 0.717) is 51.1 Å². The number of pyridine rings is 1. The molecule has 0 radical (unpaired) electrons. The van der Waals surface area contributed by atoms with E-state index in [1.807, 2.05) is 73.6 Å². The summed E-state index contributed by atoms with van der Waals surface area (Å²) in [5.41, 5.74) is 3.43. The van der Waals surface area contributed by atoms with Gasteiger partial charge in [-0.05, 0) is 73.6 Å². The van der Waals surface area contributed by atoms with Gasteiger partial charge in [-0.3, -0.25) is 14.5 Å². The predicted molar refractivity (Wildman–Crippen MR) is 182 cm³/mol. The van der Waals surface area contributed by atoms with Gasteiger partial charge in [-0.2, -0.15) is 4.98 Å². The minimum Gasteiger partial charge on any atom is -0.412 e. The van der Waals surface area contributed by atoms with Crippen LogP contribution >= 0.6 is 11.6 Å². The first-order valence-corrected chi connectivity index (χ1v) is 15.0. The van der Waals surface area contributed by atoms with Crippen molar-refractivity contribution in [3.05, 3.63) is 112 Å². The summed E-state index contributed by atoms with van der Waals surface area (Å²) in [6, 6.07) is 23.9. The molecule has 5 aromatic rings. The number of fused-ring (bicyclic) bond motifs is 1. The molecule has 45 heavy (non-hydrogen) atoms. The van der Waals surface area contributed by atoms with Crippen molar-refractivity contribution in [2.24, 2.45) is 0 Å². The van der Waals surface area contributed by atoms with Gasteiger partial charge in [0.25, 0.3) is 11.5 Å². The Balaban J connectivity index is 1.60. The maximum absolute atomic E-state index is 14.1. The summed E-state index contributed by atoms with van der Waals surface area (Å²) in [6.45, 7) is 7.82. The van der Waals surface area contributed by atoms with Crippen LogP contribution < -0.4 is 20.6 Å². The van der Waals surface area contributed by atoms with Gasteiger partial charge in [0.1, 0.15) is 7.11 Å². The average molecular weight is 625 g/mol. The number of likely N-dealkylation sites (N-methyl/N-ethyl adjacent to an activating group) is 1. The molecule has 3 aromatic carbocycles. The molecule has 9 nitrogen and oxygen atoms in total. The highest BCUT2D eigenvalue weighted by Crippen LogP contribution is 2.35. The number of rotatable bonds is 9. The topological polar surface area (TPSA) is 92.6 Å². The van der Waals surface area contributed by atoms with Crippen LogP contribution in [0.4, 0.5) is 17.3 Å². The third kappa shape index (κ3) is 6.84. The van der Waals surface area contributed by atoms with Crippen LogP contribution in [-0.2, 0) is 5.41 Å². The number of amides is 1. The molecule has 2 aromatic heterocycles. The first-order chi connectivity index (χ1) is 21.5. The maximum atomic E-state index is 14.1. The maximum Gasteiger partial charge on any atom is 0.293 e.